The Balaban J connectivity index is 2.82. The molecule has 2 nitrogen and oxygen atoms in total. The molecule has 0 aromatic heterocycles. The second-order valence-corrected chi connectivity index (χ2v) is 5.69. The summed E-state index contributed by atoms with van der Waals surface area (Å²) >= 11 is 5.40. The molecule has 1 aromatic carbocycles. The molecule has 0 saturated carbocycles. The summed E-state index contributed by atoms with van der Waals surface area (Å²) in [7, 11) is 0. The molecule has 18 heavy (non-hydrogen) atoms. The highest BCUT2D eigenvalue weighted by atomic mass is 32.1. The number of rotatable bonds is 4. The summed E-state index contributed by atoms with van der Waals surface area (Å²) in [5.41, 5.74) is 3.70. The van der Waals surface area contributed by atoms with E-state index in [1.54, 1.807) is 0 Å². The Labute approximate surface area is 116 Å². The summed E-state index contributed by atoms with van der Waals surface area (Å²) in [5, 5.41) is 7.39. The zero-order chi connectivity index (χ0) is 13.8. The molecule has 0 saturated heterocycles. The van der Waals surface area contributed by atoms with Gasteiger partial charge < -0.3 is 10.6 Å². The Morgan fingerprint density at radius 1 is 1.28 bits per heavy atom. The minimum absolute atomic E-state index is 0.0269. The van der Waals surface area contributed by atoms with Gasteiger partial charge in [0.25, 0.3) is 0 Å². The van der Waals surface area contributed by atoms with E-state index < -0.39 is 0 Å². The molecule has 100 valence electrons. The van der Waals surface area contributed by atoms with Gasteiger partial charge in [0.05, 0.1) is 0 Å². The molecular weight excluding hydrogens is 240 g/mol. The molecule has 0 amide bonds. The quantitative estimate of drug-likeness (QED) is 0.803. The maximum Gasteiger partial charge on any atom is 0.171 e. The van der Waals surface area contributed by atoms with Crippen LogP contribution in [-0.4, -0.2) is 10.7 Å². The Kier molecular flexibility index (Phi) is 5.15. The van der Waals surface area contributed by atoms with Crippen molar-refractivity contribution in [1.29, 1.82) is 0 Å². The van der Waals surface area contributed by atoms with Crippen LogP contribution in [0, 0.1) is 6.92 Å². The van der Waals surface area contributed by atoms with Crippen LogP contribution >= 0.6 is 12.2 Å². The molecule has 0 radical (unpaired) electrons. The largest absolute Gasteiger partial charge is 0.358 e. The van der Waals surface area contributed by atoms with Crippen LogP contribution in [0.4, 0.5) is 5.69 Å². The van der Waals surface area contributed by atoms with Gasteiger partial charge in [-0.3, -0.25) is 0 Å². The van der Waals surface area contributed by atoms with Crippen molar-refractivity contribution in [3.05, 3.63) is 29.3 Å². The van der Waals surface area contributed by atoms with Gasteiger partial charge in [0, 0.05) is 11.2 Å². The fourth-order valence-corrected chi connectivity index (χ4v) is 2.12. The maximum absolute atomic E-state index is 5.40. The Morgan fingerprint density at radius 2 is 1.94 bits per heavy atom. The van der Waals surface area contributed by atoms with Crippen molar-refractivity contribution in [3.8, 4) is 0 Å². The monoisotopic (exact) mass is 264 g/mol. The smallest absolute Gasteiger partial charge is 0.171 e. The third-order valence-corrected chi connectivity index (χ3v) is 3.52. The van der Waals surface area contributed by atoms with E-state index in [1.165, 1.54) is 11.1 Å². The molecule has 1 aromatic rings. The maximum atomic E-state index is 5.40. The van der Waals surface area contributed by atoms with Gasteiger partial charge in [-0.1, -0.05) is 32.0 Å². The first kappa shape index (κ1) is 15.0. The Bertz CT molecular complexity index is 425. The first-order valence-electron chi connectivity index (χ1n) is 6.57. The summed E-state index contributed by atoms with van der Waals surface area (Å²) in [6.07, 6.45) is 2.03. The minimum atomic E-state index is 0.0269. The van der Waals surface area contributed by atoms with Crippen molar-refractivity contribution in [2.45, 2.75) is 53.0 Å². The van der Waals surface area contributed by atoms with Crippen molar-refractivity contribution < 1.29 is 0 Å². The molecule has 1 rings (SSSR count). The first-order chi connectivity index (χ1) is 8.39. The lowest BCUT2D eigenvalue weighted by atomic mass is 10.0. The number of anilines is 1. The molecule has 0 heterocycles. The van der Waals surface area contributed by atoms with E-state index in [9.17, 15) is 0 Å². The van der Waals surface area contributed by atoms with E-state index >= 15 is 0 Å². The van der Waals surface area contributed by atoms with Crippen LogP contribution in [0.2, 0.25) is 0 Å². The number of aryl methyl sites for hydroxylation is 2. The number of thiocarbonyl (C=S) groups is 1. The Hall–Kier alpha value is -1.09. The summed E-state index contributed by atoms with van der Waals surface area (Å²) in [6.45, 7) is 10.7. The summed E-state index contributed by atoms with van der Waals surface area (Å²) in [4.78, 5) is 0. The standard InChI is InChI=1S/C15H24N2S/c1-6-12-10-8-9-11(3)13(12)16-14(18)17-15(4,5)7-2/h8-10H,6-7H2,1-5H3,(H2,16,17,18). The molecule has 0 aliphatic rings. The minimum Gasteiger partial charge on any atom is -0.358 e. The molecule has 0 spiro atoms. The SMILES string of the molecule is CCc1cccc(C)c1NC(=S)NC(C)(C)CC. The summed E-state index contributed by atoms with van der Waals surface area (Å²) < 4.78 is 0. The average Bonchev–Trinajstić information content (AvgIpc) is 2.31. The molecule has 0 unspecified atom stereocenters. The van der Waals surface area contributed by atoms with Crippen LogP contribution < -0.4 is 10.6 Å². The van der Waals surface area contributed by atoms with Gasteiger partial charge >= 0.3 is 0 Å². The van der Waals surface area contributed by atoms with E-state index in [-0.39, 0.29) is 5.54 Å². The summed E-state index contributed by atoms with van der Waals surface area (Å²) in [6, 6.07) is 6.34. The molecule has 0 bridgehead atoms. The van der Waals surface area contributed by atoms with Crippen molar-refractivity contribution >= 4 is 23.0 Å². The van der Waals surface area contributed by atoms with Crippen LogP contribution in [0.5, 0.6) is 0 Å². The number of benzene rings is 1. The highest BCUT2D eigenvalue weighted by Crippen LogP contribution is 2.21. The molecule has 0 fully saturated rings. The normalized spacial score (nSPS) is 11.2. The second kappa shape index (κ2) is 6.19. The number of para-hydroxylation sites is 1. The van der Waals surface area contributed by atoms with Gasteiger partial charge in [-0.2, -0.15) is 0 Å². The van der Waals surface area contributed by atoms with Crippen molar-refractivity contribution in [2.75, 3.05) is 5.32 Å². The van der Waals surface area contributed by atoms with Gasteiger partial charge in [-0.25, -0.2) is 0 Å². The van der Waals surface area contributed by atoms with Crippen molar-refractivity contribution in [1.82, 2.24) is 5.32 Å². The van der Waals surface area contributed by atoms with Gasteiger partial charge in [0.15, 0.2) is 5.11 Å². The summed E-state index contributed by atoms with van der Waals surface area (Å²) in [5.74, 6) is 0. The highest BCUT2D eigenvalue weighted by molar-refractivity contribution is 7.80. The van der Waals surface area contributed by atoms with Crippen LogP contribution in [0.15, 0.2) is 18.2 Å². The van der Waals surface area contributed by atoms with Crippen molar-refractivity contribution in [3.63, 3.8) is 0 Å². The Morgan fingerprint density at radius 3 is 2.50 bits per heavy atom. The van der Waals surface area contributed by atoms with E-state index in [2.05, 4.69) is 63.5 Å². The van der Waals surface area contributed by atoms with Crippen LogP contribution in [0.1, 0.15) is 45.2 Å². The lowest BCUT2D eigenvalue weighted by Crippen LogP contribution is -2.45. The predicted molar refractivity (Wildman–Crippen MR) is 84.3 cm³/mol. The molecule has 0 aliphatic heterocycles. The number of nitrogens with one attached hydrogen (secondary N) is 2. The predicted octanol–water partition coefficient (Wildman–Crippen LogP) is 4.03. The van der Waals surface area contributed by atoms with Gasteiger partial charge in [-0.05, 0) is 57.0 Å². The molecule has 2 N–H and O–H groups in total. The van der Waals surface area contributed by atoms with Gasteiger partial charge in [-0.15, -0.1) is 0 Å². The van der Waals surface area contributed by atoms with E-state index in [0.29, 0.717) is 5.11 Å². The van der Waals surface area contributed by atoms with Crippen molar-refractivity contribution in [2.24, 2.45) is 0 Å². The number of hydrogen-bond donors (Lipinski definition) is 2. The van der Waals surface area contributed by atoms with Crippen LogP contribution in [0.25, 0.3) is 0 Å². The van der Waals surface area contributed by atoms with E-state index in [4.69, 9.17) is 12.2 Å². The molecule has 3 heteroatoms. The zero-order valence-corrected chi connectivity index (χ0v) is 12.9. The fourth-order valence-electron chi connectivity index (χ4n) is 1.74. The highest BCUT2D eigenvalue weighted by Gasteiger charge is 2.16. The molecule has 0 atom stereocenters. The van der Waals surface area contributed by atoms with Crippen LogP contribution in [-0.2, 0) is 6.42 Å². The first-order valence-corrected chi connectivity index (χ1v) is 6.98. The van der Waals surface area contributed by atoms with Gasteiger partial charge in [0.1, 0.15) is 0 Å². The van der Waals surface area contributed by atoms with Gasteiger partial charge in [0.2, 0.25) is 0 Å². The van der Waals surface area contributed by atoms with Crippen LogP contribution in [0.3, 0.4) is 0 Å². The van der Waals surface area contributed by atoms with E-state index in [0.717, 1.165) is 18.5 Å². The second-order valence-electron chi connectivity index (χ2n) is 5.28. The third-order valence-electron chi connectivity index (χ3n) is 3.31. The molecular formula is C15H24N2S. The number of hydrogen-bond acceptors (Lipinski definition) is 1. The lowest BCUT2D eigenvalue weighted by Gasteiger charge is -2.27. The third kappa shape index (κ3) is 3.98. The molecule has 0 aliphatic carbocycles. The van der Waals surface area contributed by atoms with E-state index in [1.807, 2.05) is 0 Å². The lowest BCUT2D eigenvalue weighted by molar-refractivity contribution is 0.448. The topological polar surface area (TPSA) is 24.1 Å². The fraction of sp³-hybridized carbons (Fsp3) is 0.533. The zero-order valence-electron chi connectivity index (χ0n) is 12.1. The average molecular weight is 264 g/mol.